The predicted octanol–water partition coefficient (Wildman–Crippen LogP) is 0.945. The first kappa shape index (κ1) is 11.7. The van der Waals surface area contributed by atoms with Crippen LogP contribution in [0, 0.1) is 0 Å². The van der Waals surface area contributed by atoms with Crippen LogP contribution in [0.4, 0.5) is 0 Å². The van der Waals surface area contributed by atoms with Gasteiger partial charge in [-0.1, -0.05) is 0 Å². The molecule has 0 aliphatic carbocycles. The molecular formula is C11H11N3O2S2. The summed E-state index contributed by atoms with van der Waals surface area (Å²) in [6.45, 7) is 1.48. The molecule has 94 valence electrons. The van der Waals surface area contributed by atoms with Gasteiger partial charge in [0.15, 0.2) is 4.96 Å². The smallest absolute Gasteiger partial charge is 0.274 e. The van der Waals surface area contributed by atoms with E-state index in [1.165, 1.54) is 17.4 Å². The normalized spacial score (nSPS) is 16.1. The van der Waals surface area contributed by atoms with Crippen molar-refractivity contribution in [3.63, 3.8) is 0 Å². The number of thiazole rings is 1. The van der Waals surface area contributed by atoms with Crippen LogP contribution in [0.2, 0.25) is 0 Å². The van der Waals surface area contributed by atoms with Gasteiger partial charge in [-0.3, -0.25) is 14.0 Å². The molecule has 0 bridgehead atoms. The average Bonchev–Trinajstić information content (AvgIpc) is 2.86. The van der Waals surface area contributed by atoms with E-state index in [2.05, 4.69) is 4.98 Å². The van der Waals surface area contributed by atoms with E-state index in [-0.39, 0.29) is 11.5 Å². The van der Waals surface area contributed by atoms with Crippen LogP contribution >= 0.6 is 23.1 Å². The lowest BCUT2D eigenvalue weighted by atomic mass is 10.3. The summed E-state index contributed by atoms with van der Waals surface area (Å²) in [5.41, 5.74) is 0.0605. The average molecular weight is 281 g/mol. The quantitative estimate of drug-likeness (QED) is 0.781. The Kier molecular flexibility index (Phi) is 3.09. The summed E-state index contributed by atoms with van der Waals surface area (Å²) in [7, 11) is 0. The molecule has 18 heavy (non-hydrogen) atoms. The second-order valence-electron chi connectivity index (χ2n) is 3.94. The minimum Gasteiger partial charge on any atom is -0.336 e. The summed E-state index contributed by atoms with van der Waals surface area (Å²) >= 11 is 3.20. The number of hydrogen-bond donors (Lipinski definition) is 0. The molecule has 1 saturated heterocycles. The summed E-state index contributed by atoms with van der Waals surface area (Å²) < 4.78 is 1.69. The Bertz CT molecular complexity index is 643. The van der Waals surface area contributed by atoms with Gasteiger partial charge in [-0.05, 0) is 0 Å². The summed E-state index contributed by atoms with van der Waals surface area (Å²) in [5.74, 6) is 1.83. The summed E-state index contributed by atoms with van der Waals surface area (Å²) in [4.78, 5) is 30.1. The van der Waals surface area contributed by atoms with E-state index in [1.54, 1.807) is 15.5 Å². The molecule has 2 aromatic heterocycles. The fourth-order valence-corrected chi connectivity index (χ4v) is 3.57. The highest BCUT2D eigenvalue weighted by molar-refractivity contribution is 7.99. The molecule has 5 nitrogen and oxygen atoms in total. The number of nitrogens with zero attached hydrogens (tertiary/aromatic N) is 3. The lowest BCUT2D eigenvalue weighted by Gasteiger charge is -2.26. The summed E-state index contributed by atoms with van der Waals surface area (Å²) in [6.07, 6.45) is 1.78. The SMILES string of the molecule is O=C(c1cc(=O)nc2sccn12)N1CCSCC1. The number of amides is 1. The van der Waals surface area contributed by atoms with Gasteiger partial charge in [0.05, 0.1) is 0 Å². The van der Waals surface area contributed by atoms with Crippen molar-refractivity contribution in [3.05, 3.63) is 33.7 Å². The van der Waals surface area contributed by atoms with Crippen LogP contribution in [-0.2, 0) is 0 Å². The Morgan fingerprint density at radius 3 is 2.89 bits per heavy atom. The van der Waals surface area contributed by atoms with Crippen molar-refractivity contribution in [2.75, 3.05) is 24.6 Å². The summed E-state index contributed by atoms with van der Waals surface area (Å²) in [5, 5.41) is 1.82. The van der Waals surface area contributed by atoms with Crippen LogP contribution in [-0.4, -0.2) is 44.8 Å². The lowest BCUT2D eigenvalue weighted by Crippen LogP contribution is -2.39. The molecule has 0 saturated carbocycles. The largest absolute Gasteiger partial charge is 0.336 e. The number of fused-ring (bicyclic) bond motifs is 1. The molecule has 1 aliphatic rings. The van der Waals surface area contributed by atoms with Crippen molar-refractivity contribution in [1.82, 2.24) is 14.3 Å². The van der Waals surface area contributed by atoms with Crippen LogP contribution in [0.25, 0.3) is 4.96 Å². The molecule has 3 heterocycles. The van der Waals surface area contributed by atoms with Crippen LogP contribution in [0.15, 0.2) is 22.4 Å². The molecule has 1 amide bonds. The molecule has 0 N–H and O–H groups in total. The predicted molar refractivity (Wildman–Crippen MR) is 72.6 cm³/mol. The number of hydrogen-bond acceptors (Lipinski definition) is 5. The van der Waals surface area contributed by atoms with Crippen molar-refractivity contribution in [3.8, 4) is 0 Å². The first-order valence-corrected chi connectivity index (χ1v) is 7.63. The molecule has 3 rings (SSSR count). The molecule has 2 aromatic rings. The fourth-order valence-electron chi connectivity index (χ4n) is 1.94. The van der Waals surface area contributed by atoms with Crippen LogP contribution < -0.4 is 5.56 Å². The van der Waals surface area contributed by atoms with Gasteiger partial charge in [-0.2, -0.15) is 16.7 Å². The Hall–Kier alpha value is -1.34. The maximum atomic E-state index is 12.4. The highest BCUT2D eigenvalue weighted by atomic mass is 32.2. The molecule has 1 fully saturated rings. The minimum atomic E-state index is -0.354. The molecule has 1 aliphatic heterocycles. The maximum Gasteiger partial charge on any atom is 0.274 e. The number of rotatable bonds is 1. The second-order valence-corrected chi connectivity index (χ2v) is 6.04. The van der Waals surface area contributed by atoms with Gasteiger partial charge in [-0.25, -0.2) is 0 Å². The van der Waals surface area contributed by atoms with E-state index >= 15 is 0 Å². The molecular weight excluding hydrogens is 270 g/mol. The van der Waals surface area contributed by atoms with E-state index in [0.717, 1.165) is 24.6 Å². The first-order valence-electron chi connectivity index (χ1n) is 5.59. The van der Waals surface area contributed by atoms with Crippen molar-refractivity contribution < 1.29 is 4.79 Å². The van der Waals surface area contributed by atoms with Gasteiger partial charge in [0, 0.05) is 42.2 Å². The fraction of sp³-hybridized carbons (Fsp3) is 0.364. The number of aromatic nitrogens is 2. The highest BCUT2D eigenvalue weighted by Gasteiger charge is 2.21. The molecule has 0 spiro atoms. The summed E-state index contributed by atoms with van der Waals surface area (Å²) in [6, 6.07) is 1.32. The zero-order valence-corrected chi connectivity index (χ0v) is 11.2. The molecule has 0 unspecified atom stereocenters. The van der Waals surface area contributed by atoms with E-state index in [0.29, 0.717) is 10.7 Å². The molecule has 0 aromatic carbocycles. The third-order valence-corrected chi connectivity index (χ3v) is 4.53. The van der Waals surface area contributed by atoms with Crippen molar-refractivity contribution in [2.45, 2.75) is 0 Å². The number of carbonyl (C=O) groups excluding carboxylic acids is 1. The van der Waals surface area contributed by atoms with E-state index in [1.807, 2.05) is 17.1 Å². The van der Waals surface area contributed by atoms with E-state index < -0.39 is 0 Å². The van der Waals surface area contributed by atoms with Gasteiger partial charge < -0.3 is 4.90 Å². The van der Waals surface area contributed by atoms with Gasteiger partial charge in [0.2, 0.25) is 0 Å². The topological polar surface area (TPSA) is 54.7 Å². The number of carbonyl (C=O) groups is 1. The zero-order chi connectivity index (χ0) is 12.5. The lowest BCUT2D eigenvalue weighted by molar-refractivity contribution is 0.0764. The molecule has 7 heteroatoms. The highest BCUT2D eigenvalue weighted by Crippen LogP contribution is 2.15. The Labute approximate surface area is 111 Å². The number of thioether (sulfide) groups is 1. The molecule has 0 atom stereocenters. The Balaban J connectivity index is 2.04. The van der Waals surface area contributed by atoms with Gasteiger partial charge >= 0.3 is 0 Å². The van der Waals surface area contributed by atoms with Crippen LogP contribution in [0.3, 0.4) is 0 Å². The van der Waals surface area contributed by atoms with Gasteiger partial charge in [0.1, 0.15) is 5.69 Å². The van der Waals surface area contributed by atoms with Crippen molar-refractivity contribution in [1.29, 1.82) is 0 Å². The van der Waals surface area contributed by atoms with E-state index in [4.69, 9.17) is 0 Å². The van der Waals surface area contributed by atoms with Gasteiger partial charge in [0.25, 0.3) is 11.5 Å². The zero-order valence-electron chi connectivity index (χ0n) is 9.54. The molecule has 0 radical (unpaired) electrons. The minimum absolute atomic E-state index is 0.0804. The van der Waals surface area contributed by atoms with Crippen molar-refractivity contribution in [2.24, 2.45) is 0 Å². The Morgan fingerprint density at radius 1 is 1.33 bits per heavy atom. The van der Waals surface area contributed by atoms with Crippen molar-refractivity contribution >= 4 is 34.0 Å². The second kappa shape index (κ2) is 4.74. The van der Waals surface area contributed by atoms with Crippen LogP contribution in [0.1, 0.15) is 10.5 Å². The van der Waals surface area contributed by atoms with Gasteiger partial charge in [-0.15, -0.1) is 11.3 Å². The standard InChI is InChI=1S/C11H11N3O2S2/c15-9-7-8(14-3-6-18-11(14)12-9)10(16)13-1-4-17-5-2-13/h3,6-7H,1-2,4-5H2. The third-order valence-electron chi connectivity index (χ3n) is 2.83. The maximum absolute atomic E-state index is 12.4. The Morgan fingerprint density at radius 2 is 2.11 bits per heavy atom. The first-order chi connectivity index (χ1) is 8.75. The monoisotopic (exact) mass is 281 g/mol. The third kappa shape index (κ3) is 2.04. The van der Waals surface area contributed by atoms with E-state index in [9.17, 15) is 9.59 Å². The van der Waals surface area contributed by atoms with Crippen LogP contribution in [0.5, 0.6) is 0 Å².